The Balaban J connectivity index is 2.33. The normalized spacial score (nSPS) is 13.3. The molecule has 0 N–H and O–H groups in total. The number of hydrogen-bond acceptors (Lipinski definition) is 5. The van der Waals surface area contributed by atoms with Crippen LogP contribution in [0.4, 0.5) is 13.2 Å². The third-order valence-electron chi connectivity index (χ3n) is 4.51. The Bertz CT molecular complexity index is 1020. The van der Waals surface area contributed by atoms with Gasteiger partial charge in [0.05, 0.1) is 17.9 Å². The van der Waals surface area contributed by atoms with Crippen LogP contribution in [0.5, 0.6) is 0 Å². The molecule has 0 radical (unpaired) electrons. The van der Waals surface area contributed by atoms with Crippen LogP contribution < -0.4 is 0 Å². The Hall–Kier alpha value is -2.68. The zero-order valence-corrected chi connectivity index (χ0v) is 18.0. The second-order valence-electron chi connectivity index (χ2n) is 7.05. The third kappa shape index (κ3) is 7.20. The minimum atomic E-state index is -4.58. The van der Waals surface area contributed by atoms with E-state index in [0.717, 1.165) is 24.6 Å². The summed E-state index contributed by atoms with van der Waals surface area (Å²) >= 11 is 0. The standard InChI is InChI=1S/C22H24F3NO4S/c1-3-4-13-30-21(27)11-8-17-14-18(22(23,24)25)9-10-19(17)16(2)15-31(28,29)20-7-5-6-12-26-20/h5-12,14,16H,3-4,13,15H2,1-2H3/b11-8+. The van der Waals surface area contributed by atoms with E-state index in [2.05, 4.69) is 4.98 Å². The molecule has 0 saturated carbocycles. The number of unbranched alkanes of at least 4 members (excludes halogenated alkanes) is 1. The monoisotopic (exact) mass is 455 g/mol. The second-order valence-corrected chi connectivity index (χ2v) is 9.03. The number of benzene rings is 1. The molecule has 5 nitrogen and oxygen atoms in total. The van der Waals surface area contributed by atoms with Crippen molar-refractivity contribution in [2.24, 2.45) is 0 Å². The Kier molecular flexibility index (Phi) is 8.38. The predicted molar refractivity (Wildman–Crippen MR) is 111 cm³/mol. The molecule has 9 heteroatoms. The van der Waals surface area contributed by atoms with Crippen molar-refractivity contribution in [3.05, 3.63) is 65.4 Å². The first-order valence-electron chi connectivity index (χ1n) is 9.74. The SMILES string of the molecule is CCCCOC(=O)/C=C/c1cc(C(F)(F)F)ccc1C(C)CS(=O)(=O)c1ccccn1. The van der Waals surface area contributed by atoms with Crippen LogP contribution in [0.3, 0.4) is 0 Å². The zero-order chi connectivity index (χ0) is 23.1. The molecule has 2 aromatic rings. The molecule has 1 atom stereocenters. The van der Waals surface area contributed by atoms with Crippen LogP contribution >= 0.6 is 0 Å². The summed E-state index contributed by atoms with van der Waals surface area (Å²) in [5.74, 6) is -1.67. The van der Waals surface area contributed by atoms with Gasteiger partial charge in [-0.25, -0.2) is 18.2 Å². The van der Waals surface area contributed by atoms with Crippen LogP contribution in [-0.4, -0.2) is 31.7 Å². The van der Waals surface area contributed by atoms with Gasteiger partial charge in [0.15, 0.2) is 14.9 Å². The first kappa shape index (κ1) is 24.6. The van der Waals surface area contributed by atoms with Gasteiger partial charge in [-0.2, -0.15) is 13.2 Å². The topological polar surface area (TPSA) is 73.3 Å². The lowest BCUT2D eigenvalue weighted by atomic mass is 9.94. The van der Waals surface area contributed by atoms with Gasteiger partial charge in [-0.05, 0) is 53.8 Å². The highest BCUT2D eigenvalue weighted by Crippen LogP contribution is 2.33. The molecule has 31 heavy (non-hydrogen) atoms. The van der Waals surface area contributed by atoms with E-state index in [1.165, 1.54) is 24.4 Å². The highest BCUT2D eigenvalue weighted by atomic mass is 32.2. The van der Waals surface area contributed by atoms with Crippen molar-refractivity contribution >= 4 is 21.9 Å². The lowest BCUT2D eigenvalue weighted by Gasteiger charge is -2.17. The van der Waals surface area contributed by atoms with Crippen molar-refractivity contribution in [3.8, 4) is 0 Å². The number of halogens is 3. The van der Waals surface area contributed by atoms with Gasteiger partial charge in [0, 0.05) is 12.3 Å². The van der Waals surface area contributed by atoms with Crippen LogP contribution in [0.1, 0.15) is 49.3 Å². The summed E-state index contributed by atoms with van der Waals surface area (Å²) in [5, 5.41) is -0.106. The number of rotatable bonds is 9. The number of carbonyl (C=O) groups excluding carboxylic acids is 1. The second kappa shape index (κ2) is 10.6. The lowest BCUT2D eigenvalue weighted by molar-refractivity contribution is -0.138. The average Bonchev–Trinajstić information content (AvgIpc) is 2.72. The molecule has 1 aromatic carbocycles. The largest absolute Gasteiger partial charge is 0.463 e. The molecule has 0 amide bonds. The molecule has 1 heterocycles. The van der Waals surface area contributed by atoms with Crippen LogP contribution in [0.15, 0.2) is 53.7 Å². The van der Waals surface area contributed by atoms with Gasteiger partial charge < -0.3 is 4.74 Å². The number of ether oxygens (including phenoxy) is 1. The van der Waals surface area contributed by atoms with Crippen molar-refractivity contribution in [2.45, 2.75) is 43.8 Å². The molecular formula is C22H24F3NO4S. The molecule has 0 saturated heterocycles. The van der Waals surface area contributed by atoms with Crippen molar-refractivity contribution in [3.63, 3.8) is 0 Å². The number of pyridine rings is 1. The van der Waals surface area contributed by atoms with E-state index in [-0.39, 0.29) is 22.9 Å². The molecule has 168 valence electrons. The summed E-state index contributed by atoms with van der Waals surface area (Å²) in [4.78, 5) is 15.7. The zero-order valence-electron chi connectivity index (χ0n) is 17.2. The molecule has 0 aliphatic heterocycles. The molecular weight excluding hydrogens is 431 g/mol. The summed E-state index contributed by atoms with van der Waals surface area (Å²) in [6.07, 6.45) is 0.561. The first-order chi connectivity index (χ1) is 14.5. The number of esters is 1. The number of sulfone groups is 1. The van der Waals surface area contributed by atoms with E-state index in [4.69, 9.17) is 4.74 Å². The van der Waals surface area contributed by atoms with E-state index in [1.807, 2.05) is 6.92 Å². The maximum Gasteiger partial charge on any atom is 0.416 e. The number of aromatic nitrogens is 1. The Labute approximate surface area is 179 Å². The van der Waals surface area contributed by atoms with Gasteiger partial charge in [-0.1, -0.05) is 32.4 Å². The molecule has 0 spiro atoms. The maximum absolute atomic E-state index is 13.2. The average molecular weight is 455 g/mol. The van der Waals surface area contributed by atoms with Crippen LogP contribution in [-0.2, 0) is 25.5 Å². The fourth-order valence-electron chi connectivity index (χ4n) is 2.90. The number of nitrogens with zero attached hydrogens (tertiary/aromatic N) is 1. The van der Waals surface area contributed by atoms with Crippen molar-refractivity contribution < 1.29 is 31.1 Å². The quantitative estimate of drug-likeness (QED) is 0.301. The molecule has 1 aromatic heterocycles. The van der Waals surface area contributed by atoms with Crippen molar-refractivity contribution in [1.29, 1.82) is 0 Å². The fraction of sp³-hybridized carbons (Fsp3) is 0.364. The predicted octanol–water partition coefficient (Wildman–Crippen LogP) is 5.03. The molecule has 0 bridgehead atoms. The summed E-state index contributed by atoms with van der Waals surface area (Å²) < 4.78 is 69.8. The molecule has 1 unspecified atom stereocenters. The first-order valence-corrected chi connectivity index (χ1v) is 11.4. The molecule has 0 aliphatic rings. The highest BCUT2D eigenvalue weighted by molar-refractivity contribution is 7.91. The van der Waals surface area contributed by atoms with Crippen LogP contribution in [0.25, 0.3) is 6.08 Å². The van der Waals surface area contributed by atoms with Crippen molar-refractivity contribution in [2.75, 3.05) is 12.4 Å². The van der Waals surface area contributed by atoms with E-state index in [9.17, 15) is 26.4 Å². The molecule has 2 rings (SSSR count). The number of hydrogen-bond donors (Lipinski definition) is 0. The van der Waals surface area contributed by atoms with Crippen LogP contribution in [0.2, 0.25) is 0 Å². The summed E-state index contributed by atoms with van der Waals surface area (Å²) in [7, 11) is -3.76. The summed E-state index contributed by atoms with van der Waals surface area (Å²) in [6.45, 7) is 3.74. The lowest BCUT2D eigenvalue weighted by Crippen LogP contribution is -2.15. The van der Waals surface area contributed by atoms with Gasteiger partial charge in [0.1, 0.15) is 0 Å². The number of carbonyl (C=O) groups is 1. The summed E-state index contributed by atoms with van der Waals surface area (Å²) in [6, 6.07) is 7.53. The van der Waals surface area contributed by atoms with E-state index in [1.54, 1.807) is 19.1 Å². The van der Waals surface area contributed by atoms with Gasteiger partial charge in [-0.3, -0.25) is 0 Å². The van der Waals surface area contributed by atoms with Gasteiger partial charge in [0.25, 0.3) is 0 Å². The fourth-order valence-corrected chi connectivity index (χ4v) is 4.42. The Morgan fingerprint density at radius 3 is 2.58 bits per heavy atom. The van der Waals surface area contributed by atoms with Gasteiger partial charge in [0.2, 0.25) is 0 Å². The van der Waals surface area contributed by atoms with E-state index >= 15 is 0 Å². The summed E-state index contributed by atoms with van der Waals surface area (Å²) in [5.41, 5.74) is -0.425. The minimum absolute atomic E-state index is 0.103. The maximum atomic E-state index is 13.2. The Morgan fingerprint density at radius 1 is 1.23 bits per heavy atom. The third-order valence-corrected chi connectivity index (χ3v) is 6.33. The molecule has 0 aliphatic carbocycles. The van der Waals surface area contributed by atoms with E-state index in [0.29, 0.717) is 12.0 Å². The van der Waals surface area contributed by atoms with Crippen molar-refractivity contribution in [1.82, 2.24) is 4.98 Å². The smallest absolute Gasteiger partial charge is 0.416 e. The number of alkyl halides is 3. The molecule has 0 fully saturated rings. The Morgan fingerprint density at radius 2 is 1.97 bits per heavy atom. The minimum Gasteiger partial charge on any atom is -0.463 e. The van der Waals surface area contributed by atoms with Gasteiger partial charge in [-0.15, -0.1) is 0 Å². The van der Waals surface area contributed by atoms with E-state index < -0.39 is 33.5 Å². The van der Waals surface area contributed by atoms with Gasteiger partial charge >= 0.3 is 12.1 Å². The van der Waals surface area contributed by atoms with Crippen LogP contribution in [0, 0.1) is 0 Å². The highest BCUT2D eigenvalue weighted by Gasteiger charge is 2.31.